The van der Waals surface area contributed by atoms with E-state index in [1.165, 1.54) is 0 Å². The predicted molar refractivity (Wildman–Crippen MR) is 87.8 cm³/mol. The topological polar surface area (TPSA) is 55.1 Å². The molecule has 21 heavy (non-hydrogen) atoms. The summed E-state index contributed by atoms with van der Waals surface area (Å²) < 4.78 is 0. The smallest absolute Gasteiger partial charge is 0.220 e. The van der Waals surface area contributed by atoms with Gasteiger partial charge in [0.15, 0.2) is 0 Å². The second-order valence-corrected chi connectivity index (χ2v) is 6.66. The van der Waals surface area contributed by atoms with E-state index in [0.29, 0.717) is 23.0 Å². The standard InChI is InChI=1S/C16H22Cl2N2O/c17-13-7-6-12(10-14(13)18)4-3-5-15(21)20-16(11-19)8-1-2-9-16/h6-7,10H,1-5,8-9,11,19H2,(H,20,21). The normalized spacial score (nSPS) is 16.9. The molecule has 0 heterocycles. The van der Waals surface area contributed by atoms with Crippen LogP contribution >= 0.6 is 23.2 Å². The first-order valence-electron chi connectivity index (χ1n) is 7.50. The fourth-order valence-corrected chi connectivity index (χ4v) is 3.26. The largest absolute Gasteiger partial charge is 0.349 e. The summed E-state index contributed by atoms with van der Waals surface area (Å²) in [5.41, 5.74) is 6.78. The Labute approximate surface area is 136 Å². The Kier molecular flexibility index (Phi) is 5.91. The van der Waals surface area contributed by atoms with Crippen molar-refractivity contribution in [1.29, 1.82) is 0 Å². The summed E-state index contributed by atoms with van der Waals surface area (Å²) in [5.74, 6) is 0.0995. The molecule has 0 bridgehead atoms. The number of rotatable bonds is 6. The molecule has 116 valence electrons. The Bertz CT molecular complexity index is 499. The van der Waals surface area contributed by atoms with Gasteiger partial charge >= 0.3 is 0 Å². The first kappa shape index (κ1) is 16.6. The van der Waals surface area contributed by atoms with Crippen molar-refractivity contribution in [3.63, 3.8) is 0 Å². The molecular weight excluding hydrogens is 307 g/mol. The first-order valence-corrected chi connectivity index (χ1v) is 8.25. The van der Waals surface area contributed by atoms with Gasteiger partial charge in [-0.2, -0.15) is 0 Å². The van der Waals surface area contributed by atoms with E-state index in [9.17, 15) is 4.79 Å². The summed E-state index contributed by atoms with van der Waals surface area (Å²) in [7, 11) is 0. The number of nitrogens with one attached hydrogen (secondary N) is 1. The highest BCUT2D eigenvalue weighted by Crippen LogP contribution is 2.28. The maximum absolute atomic E-state index is 12.1. The van der Waals surface area contributed by atoms with Crippen LogP contribution in [0.5, 0.6) is 0 Å². The molecule has 0 atom stereocenters. The van der Waals surface area contributed by atoms with Crippen LogP contribution < -0.4 is 11.1 Å². The van der Waals surface area contributed by atoms with Gasteiger partial charge in [-0.3, -0.25) is 4.79 Å². The number of carbonyl (C=O) groups is 1. The number of hydrogen-bond donors (Lipinski definition) is 2. The monoisotopic (exact) mass is 328 g/mol. The van der Waals surface area contributed by atoms with Crippen LogP contribution in [-0.2, 0) is 11.2 Å². The molecule has 1 aliphatic carbocycles. The van der Waals surface area contributed by atoms with E-state index in [0.717, 1.165) is 44.1 Å². The first-order chi connectivity index (χ1) is 10.0. The van der Waals surface area contributed by atoms with E-state index >= 15 is 0 Å². The van der Waals surface area contributed by atoms with Crippen molar-refractivity contribution in [2.24, 2.45) is 5.73 Å². The summed E-state index contributed by atoms with van der Waals surface area (Å²) in [6.07, 6.45) is 6.44. The number of amides is 1. The number of aryl methyl sites for hydroxylation is 1. The lowest BCUT2D eigenvalue weighted by Gasteiger charge is -2.28. The van der Waals surface area contributed by atoms with Gasteiger partial charge in [0.05, 0.1) is 15.6 Å². The zero-order valence-electron chi connectivity index (χ0n) is 12.1. The van der Waals surface area contributed by atoms with Gasteiger partial charge in [0, 0.05) is 13.0 Å². The summed E-state index contributed by atoms with van der Waals surface area (Å²) in [5, 5.41) is 4.26. The Morgan fingerprint density at radius 1 is 1.24 bits per heavy atom. The van der Waals surface area contributed by atoms with Crippen LogP contribution in [0, 0.1) is 0 Å². The lowest BCUT2D eigenvalue weighted by atomic mass is 9.97. The van der Waals surface area contributed by atoms with Gasteiger partial charge in [0.25, 0.3) is 0 Å². The summed E-state index contributed by atoms with van der Waals surface area (Å²) in [6.45, 7) is 0.533. The Morgan fingerprint density at radius 2 is 1.95 bits per heavy atom. The number of halogens is 2. The molecule has 1 saturated carbocycles. The van der Waals surface area contributed by atoms with Gasteiger partial charge in [-0.05, 0) is 43.4 Å². The molecule has 0 unspecified atom stereocenters. The minimum Gasteiger partial charge on any atom is -0.349 e. The van der Waals surface area contributed by atoms with Crippen molar-refractivity contribution < 1.29 is 4.79 Å². The maximum atomic E-state index is 12.1. The minimum absolute atomic E-state index is 0.0995. The van der Waals surface area contributed by atoms with Gasteiger partial charge < -0.3 is 11.1 Å². The minimum atomic E-state index is -0.152. The highest BCUT2D eigenvalue weighted by molar-refractivity contribution is 6.42. The van der Waals surface area contributed by atoms with Crippen LogP contribution in [0.15, 0.2) is 18.2 Å². The van der Waals surface area contributed by atoms with Crippen LogP contribution in [0.25, 0.3) is 0 Å². The van der Waals surface area contributed by atoms with Crippen molar-refractivity contribution in [2.45, 2.75) is 50.5 Å². The van der Waals surface area contributed by atoms with Crippen molar-refractivity contribution >= 4 is 29.1 Å². The second-order valence-electron chi connectivity index (χ2n) is 5.84. The molecule has 1 aliphatic rings. The Morgan fingerprint density at radius 3 is 2.57 bits per heavy atom. The third kappa shape index (κ3) is 4.60. The molecule has 0 aliphatic heterocycles. The number of benzene rings is 1. The SMILES string of the molecule is NCC1(NC(=O)CCCc2ccc(Cl)c(Cl)c2)CCCC1. The summed E-state index contributed by atoms with van der Waals surface area (Å²) >= 11 is 11.9. The highest BCUT2D eigenvalue weighted by Gasteiger charge is 2.33. The van der Waals surface area contributed by atoms with E-state index in [1.54, 1.807) is 6.07 Å². The van der Waals surface area contributed by atoms with Crippen molar-refractivity contribution in [3.8, 4) is 0 Å². The molecule has 1 amide bonds. The van der Waals surface area contributed by atoms with Crippen LogP contribution in [0.2, 0.25) is 10.0 Å². The van der Waals surface area contributed by atoms with Crippen LogP contribution in [0.3, 0.4) is 0 Å². The molecule has 0 spiro atoms. The summed E-state index contributed by atoms with van der Waals surface area (Å²) in [6, 6.07) is 5.60. The zero-order chi connectivity index (χ0) is 15.3. The van der Waals surface area contributed by atoms with Gasteiger partial charge in [-0.15, -0.1) is 0 Å². The van der Waals surface area contributed by atoms with E-state index < -0.39 is 0 Å². The lowest BCUT2D eigenvalue weighted by Crippen LogP contribution is -2.51. The molecule has 0 saturated heterocycles. The molecule has 1 aromatic carbocycles. The van der Waals surface area contributed by atoms with E-state index in [1.807, 2.05) is 12.1 Å². The lowest BCUT2D eigenvalue weighted by molar-refractivity contribution is -0.123. The van der Waals surface area contributed by atoms with Crippen LogP contribution in [0.1, 0.15) is 44.1 Å². The Hall–Kier alpha value is -0.770. The number of carbonyl (C=O) groups excluding carboxylic acids is 1. The fourth-order valence-electron chi connectivity index (χ4n) is 2.94. The van der Waals surface area contributed by atoms with Crippen LogP contribution in [0.4, 0.5) is 0 Å². The second kappa shape index (κ2) is 7.48. The molecule has 3 N–H and O–H groups in total. The summed E-state index contributed by atoms with van der Waals surface area (Å²) in [4.78, 5) is 12.1. The molecule has 1 aromatic rings. The van der Waals surface area contributed by atoms with E-state index in [-0.39, 0.29) is 11.4 Å². The maximum Gasteiger partial charge on any atom is 0.220 e. The van der Waals surface area contributed by atoms with Gasteiger partial charge in [-0.25, -0.2) is 0 Å². The number of nitrogens with two attached hydrogens (primary N) is 1. The van der Waals surface area contributed by atoms with E-state index in [4.69, 9.17) is 28.9 Å². The Balaban J connectivity index is 1.77. The highest BCUT2D eigenvalue weighted by atomic mass is 35.5. The molecule has 0 aromatic heterocycles. The van der Waals surface area contributed by atoms with Crippen molar-refractivity contribution in [1.82, 2.24) is 5.32 Å². The van der Waals surface area contributed by atoms with Gasteiger partial charge in [0.1, 0.15) is 0 Å². The fraction of sp³-hybridized carbons (Fsp3) is 0.562. The van der Waals surface area contributed by atoms with E-state index in [2.05, 4.69) is 5.32 Å². The molecule has 0 radical (unpaired) electrons. The molecule has 2 rings (SSSR count). The zero-order valence-corrected chi connectivity index (χ0v) is 13.6. The van der Waals surface area contributed by atoms with Crippen molar-refractivity contribution in [3.05, 3.63) is 33.8 Å². The number of hydrogen-bond acceptors (Lipinski definition) is 2. The average molecular weight is 329 g/mol. The average Bonchev–Trinajstić information content (AvgIpc) is 2.92. The van der Waals surface area contributed by atoms with Crippen molar-refractivity contribution in [2.75, 3.05) is 6.54 Å². The third-order valence-electron chi connectivity index (χ3n) is 4.21. The van der Waals surface area contributed by atoms with Crippen LogP contribution in [-0.4, -0.2) is 18.0 Å². The molecule has 3 nitrogen and oxygen atoms in total. The molecule has 5 heteroatoms. The van der Waals surface area contributed by atoms with Gasteiger partial charge in [-0.1, -0.05) is 42.1 Å². The quantitative estimate of drug-likeness (QED) is 0.836. The molecular formula is C16H22Cl2N2O. The molecule has 1 fully saturated rings. The van der Waals surface area contributed by atoms with Gasteiger partial charge in [0.2, 0.25) is 5.91 Å². The third-order valence-corrected chi connectivity index (χ3v) is 4.95. The predicted octanol–water partition coefficient (Wildman–Crippen LogP) is 3.70.